The molecule has 1 amide bonds. The third-order valence-corrected chi connectivity index (χ3v) is 5.15. The van der Waals surface area contributed by atoms with Gasteiger partial charge in [0.1, 0.15) is 6.23 Å². The van der Waals surface area contributed by atoms with Crippen LogP contribution in [0, 0.1) is 17.8 Å². The second-order valence-corrected chi connectivity index (χ2v) is 13.9. The van der Waals surface area contributed by atoms with E-state index in [2.05, 4.69) is 51.9 Å². The van der Waals surface area contributed by atoms with Gasteiger partial charge < -0.3 is 14.2 Å². The molecule has 112 valence electrons. The van der Waals surface area contributed by atoms with E-state index >= 15 is 0 Å². The van der Waals surface area contributed by atoms with Gasteiger partial charge >= 0.3 is 0 Å². The van der Waals surface area contributed by atoms with Gasteiger partial charge in [-0.15, -0.1) is 0 Å². The summed E-state index contributed by atoms with van der Waals surface area (Å²) in [4.78, 5) is 11.9. The van der Waals surface area contributed by atoms with Crippen molar-refractivity contribution in [1.82, 2.24) is 5.32 Å². The number of hydrogen-bond acceptors (Lipinski definition) is 3. The van der Waals surface area contributed by atoms with Crippen LogP contribution in [0.5, 0.6) is 0 Å². The van der Waals surface area contributed by atoms with Crippen molar-refractivity contribution in [3.8, 4) is 0 Å². The van der Waals surface area contributed by atoms with Crippen molar-refractivity contribution in [2.45, 2.75) is 52.8 Å². The molecule has 6 heteroatoms. The first-order valence-electron chi connectivity index (χ1n) is 7.21. The molecular weight excluding hydrogens is 274 g/mol. The Kier molecular flexibility index (Phi) is 5.79. The molecule has 1 fully saturated rings. The van der Waals surface area contributed by atoms with Crippen molar-refractivity contribution < 1.29 is 13.6 Å². The number of β-lactam (4-membered cyclic amide) rings is 1. The fourth-order valence-electron chi connectivity index (χ4n) is 2.28. The van der Waals surface area contributed by atoms with Crippen LogP contribution in [-0.2, 0) is 13.6 Å². The largest absolute Gasteiger partial charge is 0.420 e. The van der Waals surface area contributed by atoms with Crippen LogP contribution in [0.15, 0.2) is 0 Å². The highest BCUT2D eigenvalue weighted by Crippen LogP contribution is 2.32. The first kappa shape index (κ1) is 16.9. The standard InChI is InChI=1S/C13H29NO3Si2/c1-9(2)10(8-16-18(3)4)11-12(15)14-13(11)17-19(5,6)7/h9-11,13,18H,8H2,1-7H3,(H,14,15)/t10-,11+,13-/m1/s1. The molecule has 1 aliphatic heterocycles. The monoisotopic (exact) mass is 303 g/mol. The summed E-state index contributed by atoms with van der Waals surface area (Å²) in [5.74, 6) is 0.761. The molecule has 0 aromatic rings. The summed E-state index contributed by atoms with van der Waals surface area (Å²) >= 11 is 0. The van der Waals surface area contributed by atoms with Crippen LogP contribution >= 0.6 is 0 Å². The van der Waals surface area contributed by atoms with E-state index < -0.39 is 17.4 Å². The summed E-state index contributed by atoms with van der Waals surface area (Å²) < 4.78 is 11.9. The lowest BCUT2D eigenvalue weighted by molar-refractivity contribution is -0.152. The van der Waals surface area contributed by atoms with Gasteiger partial charge in [-0.25, -0.2) is 0 Å². The van der Waals surface area contributed by atoms with E-state index in [1.165, 1.54) is 0 Å². The molecule has 3 atom stereocenters. The molecule has 1 heterocycles. The van der Waals surface area contributed by atoms with Crippen LogP contribution in [0.25, 0.3) is 0 Å². The molecule has 4 nitrogen and oxygen atoms in total. The Bertz CT molecular complexity index is 316. The lowest BCUT2D eigenvalue weighted by atomic mass is 9.78. The van der Waals surface area contributed by atoms with Gasteiger partial charge in [0.15, 0.2) is 17.4 Å². The summed E-state index contributed by atoms with van der Waals surface area (Å²) in [5.41, 5.74) is 0. The summed E-state index contributed by atoms with van der Waals surface area (Å²) in [6, 6.07) is 0. The highest BCUT2D eigenvalue weighted by Gasteiger charge is 2.47. The third-order valence-electron chi connectivity index (χ3n) is 3.33. The first-order valence-corrected chi connectivity index (χ1v) is 13.4. The SMILES string of the molecule is CC(C)[C@@H](CO[SiH](C)C)[C@H]1C(=O)N[C@@H]1O[Si](C)(C)C. The predicted molar refractivity (Wildman–Crippen MR) is 83.0 cm³/mol. The van der Waals surface area contributed by atoms with Crippen LogP contribution in [-0.4, -0.2) is 36.1 Å². The van der Waals surface area contributed by atoms with E-state index in [1.807, 2.05) is 0 Å². The quantitative estimate of drug-likeness (QED) is 0.579. The second-order valence-electron chi connectivity index (χ2n) is 6.98. The van der Waals surface area contributed by atoms with E-state index in [0.29, 0.717) is 12.5 Å². The van der Waals surface area contributed by atoms with Gasteiger partial charge in [0, 0.05) is 6.61 Å². The van der Waals surface area contributed by atoms with Gasteiger partial charge in [0.05, 0.1) is 5.92 Å². The summed E-state index contributed by atoms with van der Waals surface area (Å²) in [7, 11) is -2.68. The minimum Gasteiger partial charge on any atom is -0.420 e. The van der Waals surface area contributed by atoms with Gasteiger partial charge in [-0.05, 0) is 44.6 Å². The predicted octanol–water partition coefficient (Wildman–Crippen LogP) is 2.18. The van der Waals surface area contributed by atoms with Crippen molar-refractivity contribution in [3.63, 3.8) is 0 Å². The average Bonchev–Trinajstić information content (AvgIpc) is 2.20. The average molecular weight is 304 g/mol. The summed E-state index contributed by atoms with van der Waals surface area (Å²) in [6.07, 6.45) is -0.107. The Morgan fingerprint density at radius 2 is 1.89 bits per heavy atom. The fraction of sp³-hybridized carbons (Fsp3) is 0.923. The molecule has 0 spiro atoms. The van der Waals surface area contributed by atoms with Crippen molar-refractivity contribution in [1.29, 1.82) is 0 Å². The zero-order valence-corrected chi connectivity index (χ0v) is 15.5. The minimum atomic E-state index is -1.63. The molecule has 1 rings (SSSR count). The molecule has 0 aromatic heterocycles. The van der Waals surface area contributed by atoms with Gasteiger partial charge in [0.25, 0.3) is 0 Å². The number of rotatable bonds is 7. The number of nitrogens with one attached hydrogen (secondary N) is 1. The zero-order valence-electron chi connectivity index (χ0n) is 13.3. The Morgan fingerprint density at radius 3 is 2.26 bits per heavy atom. The number of amides is 1. The van der Waals surface area contributed by atoms with Gasteiger partial charge in [-0.3, -0.25) is 4.79 Å². The Hall–Kier alpha value is -0.176. The maximum Gasteiger partial charge on any atom is 0.229 e. The normalized spacial score (nSPS) is 25.4. The Morgan fingerprint density at radius 1 is 1.32 bits per heavy atom. The Balaban J connectivity index is 2.68. The highest BCUT2D eigenvalue weighted by atomic mass is 28.4. The summed E-state index contributed by atoms with van der Waals surface area (Å²) in [6.45, 7) is 15.8. The number of carbonyl (C=O) groups excluding carboxylic acids is 1. The molecule has 0 unspecified atom stereocenters. The maximum absolute atomic E-state index is 11.9. The van der Waals surface area contributed by atoms with Crippen molar-refractivity contribution in [3.05, 3.63) is 0 Å². The number of carbonyl (C=O) groups is 1. The molecule has 0 saturated carbocycles. The van der Waals surface area contributed by atoms with E-state index in [4.69, 9.17) is 8.85 Å². The molecule has 0 aromatic carbocycles. The van der Waals surface area contributed by atoms with E-state index in [9.17, 15) is 4.79 Å². The van der Waals surface area contributed by atoms with E-state index in [1.54, 1.807) is 0 Å². The van der Waals surface area contributed by atoms with Crippen LogP contribution in [0.1, 0.15) is 13.8 Å². The second kappa shape index (κ2) is 6.52. The van der Waals surface area contributed by atoms with Gasteiger partial charge in [-0.1, -0.05) is 13.8 Å². The van der Waals surface area contributed by atoms with Crippen LogP contribution in [0.4, 0.5) is 0 Å². The highest BCUT2D eigenvalue weighted by molar-refractivity contribution is 6.69. The van der Waals surface area contributed by atoms with Crippen LogP contribution in [0.3, 0.4) is 0 Å². The van der Waals surface area contributed by atoms with Gasteiger partial charge in [-0.2, -0.15) is 0 Å². The lowest BCUT2D eigenvalue weighted by Gasteiger charge is -2.45. The van der Waals surface area contributed by atoms with Gasteiger partial charge in [0.2, 0.25) is 5.91 Å². The lowest BCUT2D eigenvalue weighted by Crippen LogP contribution is -2.65. The zero-order chi connectivity index (χ0) is 14.8. The third kappa shape index (κ3) is 5.02. The van der Waals surface area contributed by atoms with E-state index in [0.717, 1.165) is 0 Å². The number of hydrogen-bond donors (Lipinski definition) is 1. The molecule has 0 aliphatic carbocycles. The van der Waals surface area contributed by atoms with Crippen molar-refractivity contribution in [2.75, 3.05) is 6.61 Å². The first-order chi connectivity index (χ1) is 8.61. The molecule has 0 bridgehead atoms. The molecule has 19 heavy (non-hydrogen) atoms. The van der Waals surface area contributed by atoms with Crippen molar-refractivity contribution >= 4 is 23.3 Å². The fourth-order valence-corrected chi connectivity index (χ4v) is 3.86. The smallest absolute Gasteiger partial charge is 0.229 e. The molecule has 0 radical (unpaired) electrons. The minimum absolute atomic E-state index is 0.0422. The van der Waals surface area contributed by atoms with Crippen LogP contribution < -0.4 is 5.32 Å². The van der Waals surface area contributed by atoms with E-state index in [-0.39, 0.29) is 24.0 Å². The van der Waals surface area contributed by atoms with Crippen LogP contribution in [0.2, 0.25) is 32.7 Å². The molecular formula is C13H29NO3Si2. The molecule has 1 saturated heterocycles. The topological polar surface area (TPSA) is 47.6 Å². The molecule has 1 N–H and O–H groups in total. The summed E-state index contributed by atoms with van der Waals surface area (Å²) in [5, 5.41) is 2.90. The Labute approximate surface area is 120 Å². The van der Waals surface area contributed by atoms with Crippen molar-refractivity contribution in [2.24, 2.45) is 17.8 Å². The maximum atomic E-state index is 11.9. The molecule has 1 aliphatic rings.